The fraction of sp³-hybridized carbons (Fsp3) is 0.333. The van der Waals surface area contributed by atoms with E-state index in [1.807, 2.05) is 0 Å². The van der Waals surface area contributed by atoms with Crippen LogP contribution in [-0.2, 0) is 17.1 Å². The van der Waals surface area contributed by atoms with E-state index in [-0.39, 0.29) is 20.4 Å². The van der Waals surface area contributed by atoms with E-state index in [0.29, 0.717) is 18.8 Å². The number of anilines is 1. The first-order valence-electron chi connectivity index (χ1n) is 9.98. The minimum atomic E-state index is -3.79. The molecule has 1 aliphatic heterocycles. The summed E-state index contributed by atoms with van der Waals surface area (Å²) in [6, 6.07) is 9.46. The third kappa shape index (κ3) is 4.41. The molecule has 31 heavy (non-hydrogen) atoms. The standard InChI is InChI=1S/C21H22ClN3O4S2/c1-24-17-9-7-15(13-18(17)30-21(24)27)23-20(26)14-6-8-16(22)19(12-14)31(28,29)25-10-4-2-3-5-11-25/h6-9,12-13H,2-5,10-11H2,1H3,(H,23,26). The number of aromatic nitrogens is 1. The maximum absolute atomic E-state index is 13.2. The number of benzene rings is 2. The minimum Gasteiger partial charge on any atom is -0.322 e. The van der Waals surface area contributed by atoms with Crippen molar-refractivity contribution < 1.29 is 13.2 Å². The van der Waals surface area contributed by atoms with Crippen molar-refractivity contribution in [3.05, 3.63) is 56.7 Å². The van der Waals surface area contributed by atoms with Crippen molar-refractivity contribution in [1.29, 1.82) is 0 Å². The van der Waals surface area contributed by atoms with Gasteiger partial charge in [-0.2, -0.15) is 4.31 Å². The Hall–Kier alpha value is -2.20. The molecule has 0 aliphatic carbocycles. The molecule has 1 aromatic heterocycles. The molecule has 0 saturated carbocycles. The monoisotopic (exact) mass is 479 g/mol. The van der Waals surface area contributed by atoms with Gasteiger partial charge in [-0.3, -0.25) is 9.59 Å². The van der Waals surface area contributed by atoms with Crippen LogP contribution in [0.3, 0.4) is 0 Å². The highest BCUT2D eigenvalue weighted by molar-refractivity contribution is 7.89. The molecular formula is C21H22ClN3O4S2. The van der Waals surface area contributed by atoms with Gasteiger partial charge in [-0.1, -0.05) is 35.8 Å². The Morgan fingerprint density at radius 1 is 1.06 bits per heavy atom. The lowest BCUT2D eigenvalue weighted by atomic mass is 10.2. The van der Waals surface area contributed by atoms with Crippen molar-refractivity contribution >= 4 is 54.8 Å². The van der Waals surface area contributed by atoms with E-state index in [0.717, 1.165) is 47.2 Å². The van der Waals surface area contributed by atoms with Gasteiger partial charge >= 0.3 is 4.87 Å². The number of fused-ring (bicyclic) bond motifs is 1. The number of thiazole rings is 1. The topological polar surface area (TPSA) is 88.5 Å². The first-order valence-corrected chi connectivity index (χ1v) is 12.6. The Labute approximate surface area is 189 Å². The summed E-state index contributed by atoms with van der Waals surface area (Å²) in [6.07, 6.45) is 3.63. The third-order valence-corrected chi connectivity index (χ3v) is 8.80. The van der Waals surface area contributed by atoms with Gasteiger partial charge in [0.05, 0.1) is 15.2 Å². The van der Waals surface area contributed by atoms with Gasteiger partial charge in [-0.05, 0) is 49.2 Å². The van der Waals surface area contributed by atoms with Crippen molar-refractivity contribution in [3.63, 3.8) is 0 Å². The fourth-order valence-electron chi connectivity index (χ4n) is 3.68. The first-order chi connectivity index (χ1) is 14.8. The molecule has 4 rings (SSSR count). The van der Waals surface area contributed by atoms with Gasteiger partial charge in [-0.15, -0.1) is 0 Å². The average Bonchev–Trinajstić information content (AvgIpc) is 2.93. The minimum absolute atomic E-state index is 0.0551. The Bertz CT molecular complexity index is 1310. The summed E-state index contributed by atoms with van der Waals surface area (Å²) < 4.78 is 30.1. The van der Waals surface area contributed by atoms with Crippen molar-refractivity contribution in [2.24, 2.45) is 7.05 Å². The molecule has 10 heteroatoms. The predicted octanol–water partition coefficient (Wildman–Crippen LogP) is 4.07. The van der Waals surface area contributed by atoms with Gasteiger partial charge in [0.25, 0.3) is 5.91 Å². The van der Waals surface area contributed by atoms with Crippen molar-refractivity contribution in [2.45, 2.75) is 30.6 Å². The maximum Gasteiger partial charge on any atom is 0.307 e. The fourth-order valence-corrected chi connectivity index (χ4v) is 6.61. The summed E-state index contributed by atoms with van der Waals surface area (Å²) in [7, 11) is -2.10. The number of nitrogens with zero attached hydrogens (tertiary/aromatic N) is 2. The lowest BCUT2D eigenvalue weighted by Gasteiger charge is -2.21. The molecule has 1 N–H and O–H groups in total. The number of nitrogens with one attached hydrogen (secondary N) is 1. The molecule has 0 spiro atoms. The molecule has 0 atom stereocenters. The Kier molecular flexibility index (Phi) is 6.20. The zero-order valence-corrected chi connectivity index (χ0v) is 19.3. The van der Waals surface area contributed by atoms with Gasteiger partial charge < -0.3 is 9.88 Å². The lowest BCUT2D eigenvalue weighted by molar-refractivity contribution is 0.102. The molecule has 0 bridgehead atoms. The van der Waals surface area contributed by atoms with E-state index >= 15 is 0 Å². The second-order valence-corrected chi connectivity index (χ2v) is 10.8. The van der Waals surface area contributed by atoms with Crippen LogP contribution in [0, 0.1) is 0 Å². The highest BCUT2D eigenvalue weighted by atomic mass is 35.5. The van der Waals surface area contributed by atoms with E-state index in [1.54, 1.807) is 29.8 Å². The maximum atomic E-state index is 13.2. The number of amides is 1. The summed E-state index contributed by atoms with van der Waals surface area (Å²) in [5, 5.41) is 2.87. The molecule has 2 heterocycles. The number of hydrogen-bond donors (Lipinski definition) is 1. The summed E-state index contributed by atoms with van der Waals surface area (Å²) in [5.41, 5.74) is 1.50. The normalized spacial score (nSPS) is 15.7. The van der Waals surface area contributed by atoms with E-state index < -0.39 is 15.9 Å². The lowest BCUT2D eigenvalue weighted by Crippen LogP contribution is -2.32. The molecule has 164 valence electrons. The van der Waals surface area contributed by atoms with Crippen molar-refractivity contribution in [1.82, 2.24) is 8.87 Å². The van der Waals surface area contributed by atoms with Gasteiger partial charge in [-0.25, -0.2) is 8.42 Å². The summed E-state index contributed by atoms with van der Waals surface area (Å²) in [4.78, 5) is 24.5. The molecule has 0 unspecified atom stereocenters. The number of carbonyl (C=O) groups excluding carboxylic acids is 1. The van der Waals surface area contributed by atoms with Gasteiger partial charge in [0.1, 0.15) is 4.90 Å². The zero-order chi connectivity index (χ0) is 22.2. The number of carbonyl (C=O) groups is 1. The number of rotatable bonds is 4. The van der Waals surface area contributed by atoms with Crippen LogP contribution in [0.25, 0.3) is 10.2 Å². The van der Waals surface area contributed by atoms with Crippen LogP contribution in [0.1, 0.15) is 36.0 Å². The van der Waals surface area contributed by atoms with Crippen LogP contribution in [0.2, 0.25) is 5.02 Å². The van der Waals surface area contributed by atoms with Crippen LogP contribution in [0.5, 0.6) is 0 Å². The quantitative estimate of drug-likeness (QED) is 0.610. The van der Waals surface area contributed by atoms with Gasteiger partial charge in [0.15, 0.2) is 0 Å². The van der Waals surface area contributed by atoms with Crippen LogP contribution in [0.15, 0.2) is 46.1 Å². The first kappa shape index (κ1) is 22.0. The highest BCUT2D eigenvalue weighted by Gasteiger charge is 2.28. The van der Waals surface area contributed by atoms with E-state index in [1.165, 1.54) is 22.5 Å². The summed E-state index contributed by atoms with van der Waals surface area (Å²) in [5.74, 6) is -0.452. The molecular weight excluding hydrogens is 458 g/mol. The number of sulfonamides is 1. The average molecular weight is 480 g/mol. The summed E-state index contributed by atoms with van der Waals surface area (Å²) >= 11 is 7.31. The summed E-state index contributed by atoms with van der Waals surface area (Å²) in [6.45, 7) is 0.907. The van der Waals surface area contributed by atoms with Crippen molar-refractivity contribution in [3.8, 4) is 0 Å². The van der Waals surface area contributed by atoms with Crippen LogP contribution in [-0.4, -0.2) is 36.3 Å². The second kappa shape index (κ2) is 8.74. The SMILES string of the molecule is Cn1c(=O)sc2cc(NC(=O)c3ccc(Cl)c(S(=O)(=O)N4CCCCCC4)c3)ccc21. The molecule has 2 aromatic carbocycles. The Balaban J connectivity index is 1.61. The Morgan fingerprint density at radius 3 is 2.48 bits per heavy atom. The molecule has 1 aliphatic rings. The predicted molar refractivity (Wildman–Crippen MR) is 124 cm³/mol. The molecule has 3 aromatic rings. The molecule has 7 nitrogen and oxygen atoms in total. The van der Waals surface area contributed by atoms with E-state index in [2.05, 4.69) is 5.32 Å². The number of aryl methyl sites for hydroxylation is 1. The molecule has 1 saturated heterocycles. The van der Waals surface area contributed by atoms with Crippen molar-refractivity contribution in [2.75, 3.05) is 18.4 Å². The van der Waals surface area contributed by atoms with Crippen LogP contribution >= 0.6 is 22.9 Å². The van der Waals surface area contributed by atoms with Crippen LogP contribution in [0.4, 0.5) is 5.69 Å². The highest BCUT2D eigenvalue weighted by Crippen LogP contribution is 2.28. The van der Waals surface area contributed by atoms with Gasteiger partial charge in [0, 0.05) is 31.4 Å². The Morgan fingerprint density at radius 2 is 1.77 bits per heavy atom. The van der Waals surface area contributed by atoms with E-state index in [4.69, 9.17) is 11.6 Å². The van der Waals surface area contributed by atoms with E-state index in [9.17, 15) is 18.0 Å². The van der Waals surface area contributed by atoms with Gasteiger partial charge in [0.2, 0.25) is 10.0 Å². The largest absolute Gasteiger partial charge is 0.322 e. The second-order valence-electron chi connectivity index (χ2n) is 7.53. The molecule has 1 amide bonds. The zero-order valence-electron chi connectivity index (χ0n) is 16.9. The molecule has 1 fully saturated rings. The number of hydrogen-bond acceptors (Lipinski definition) is 5. The smallest absolute Gasteiger partial charge is 0.307 e. The third-order valence-electron chi connectivity index (χ3n) is 5.43. The van der Waals surface area contributed by atoms with Crippen LogP contribution < -0.4 is 10.2 Å². The number of halogens is 1. The molecule has 0 radical (unpaired) electrons.